The van der Waals surface area contributed by atoms with Gasteiger partial charge in [0.15, 0.2) is 0 Å². The van der Waals surface area contributed by atoms with Crippen molar-refractivity contribution in [1.29, 1.82) is 0 Å². The standard InChI is InChI=1S/C15H21N3O/c16-13-2-3-14-12(9-13)1-4-15(19)18(14)10-11-5-7-17-8-6-11/h2-3,9,11,17H,1,4-8,10,16H2. The summed E-state index contributed by atoms with van der Waals surface area (Å²) in [6, 6.07) is 5.91. The van der Waals surface area contributed by atoms with Crippen molar-refractivity contribution in [3.63, 3.8) is 0 Å². The Balaban J connectivity index is 1.82. The van der Waals surface area contributed by atoms with Crippen LogP contribution < -0.4 is 16.0 Å². The molecule has 1 amide bonds. The molecule has 19 heavy (non-hydrogen) atoms. The van der Waals surface area contributed by atoms with Gasteiger partial charge in [0.1, 0.15) is 0 Å². The van der Waals surface area contributed by atoms with Gasteiger partial charge in [0.25, 0.3) is 0 Å². The van der Waals surface area contributed by atoms with E-state index in [4.69, 9.17) is 5.73 Å². The van der Waals surface area contributed by atoms with Crippen LogP contribution in [0, 0.1) is 5.92 Å². The minimum absolute atomic E-state index is 0.260. The molecule has 0 saturated carbocycles. The molecule has 1 fully saturated rings. The Morgan fingerprint density at radius 2 is 2.05 bits per heavy atom. The molecule has 0 spiro atoms. The Bertz CT molecular complexity index is 480. The topological polar surface area (TPSA) is 58.4 Å². The second kappa shape index (κ2) is 5.21. The van der Waals surface area contributed by atoms with Crippen molar-refractivity contribution in [3.8, 4) is 0 Å². The highest BCUT2D eigenvalue weighted by Crippen LogP contribution is 2.31. The number of piperidine rings is 1. The predicted octanol–water partition coefficient (Wildman–Crippen LogP) is 1.55. The number of benzene rings is 1. The van der Waals surface area contributed by atoms with E-state index in [9.17, 15) is 4.79 Å². The molecular weight excluding hydrogens is 238 g/mol. The monoisotopic (exact) mass is 259 g/mol. The quantitative estimate of drug-likeness (QED) is 0.792. The molecule has 0 radical (unpaired) electrons. The summed E-state index contributed by atoms with van der Waals surface area (Å²) in [6.07, 6.45) is 3.76. The van der Waals surface area contributed by atoms with Crippen molar-refractivity contribution in [2.45, 2.75) is 25.7 Å². The van der Waals surface area contributed by atoms with Gasteiger partial charge in [0.2, 0.25) is 5.91 Å². The van der Waals surface area contributed by atoms with Gasteiger partial charge >= 0.3 is 0 Å². The Kier molecular flexibility index (Phi) is 3.42. The molecule has 0 aliphatic carbocycles. The number of aryl methyl sites for hydroxylation is 1. The molecule has 1 aromatic rings. The number of fused-ring (bicyclic) bond motifs is 1. The van der Waals surface area contributed by atoms with Gasteiger partial charge in [-0.15, -0.1) is 0 Å². The molecule has 2 heterocycles. The third-order valence-electron chi connectivity index (χ3n) is 4.20. The second-order valence-corrected chi connectivity index (χ2v) is 5.59. The zero-order valence-electron chi connectivity index (χ0n) is 11.2. The van der Waals surface area contributed by atoms with Gasteiger partial charge in [-0.1, -0.05) is 0 Å². The molecule has 0 unspecified atom stereocenters. The van der Waals surface area contributed by atoms with Gasteiger partial charge in [0, 0.05) is 24.3 Å². The molecule has 3 rings (SSSR count). The summed E-state index contributed by atoms with van der Waals surface area (Å²) in [7, 11) is 0. The van der Waals surface area contributed by atoms with Crippen molar-refractivity contribution in [2.75, 3.05) is 30.3 Å². The van der Waals surface area contributed by atoms with Crippen molar-refractivity contribution in [1.82, 2.24) is 5.32 Å². The van der Waals surface area contributed by atoms with Gasteiger partial charge in [-0.2, -0.15) is 0 Å². The first kappa shape index (κ1) is 12.5. The SMILES string of the molecule is Nc1ccc2c(c1)CCC(=O)N2CC1CCNCC1. The maximum absolute atomic E-state index is 12.2. The Morgan fingerprint density at radius 1 is 1.26 bits per heavy atom. The number of amides is 1. The van der Waals surface area contributed by atoms with Crippen LogP contribution in [0.3, 0.4) is 0 Å². The zero-order chi connectivity index (χ0) is 13.2. The fourth-order valence-electron chi connectivity index (χ4n) is 3.10. The molecule has 1 aromatic carbocycles. The lowest BCUT2D eigenvalue weighted by atomic mass is 9.94. The fraction of sp³-hybridized carbons (Fsp3) is 0.533. The van der Waals surface area contributed by atoms with E-state index >= 15 is 0 Å². The summed E-state index contributed by atoms with van der Waals surface area (Å²) in [5, 5.41) is 3.37. The number of anilines is 2. The van der Waals surface area contributed by atoms with E-state index < -0.39 is 0 Å². The largest absolute Gasteiger partial charge is 0.399 e. The third kappa shape index (κ3) is 2.59. The number of carbonyl (C=O) groups excluding carboxylic acids is 1. The van der Waals surface area contributed by atoms with E-state index in [1.807, 2.05) is 23.1 Å². The van der Waals surface area contributed by atoms with Crippen molar-refractivity contribution >= 4 is 17.3 Å². The lowest BCUT2D eigenvalue weighted by Crippen LogP contribution is -2.41. The summed E-state index contributed by atoms with van der Waals surface area (Å²) in [6.45, 7) is 3.00. The first-order valence-corrected chi connectivity index (χ1v) is 7.13. The second-order valence-electron chi connectivity index (χ2n) is 5.59. The Hall–Kier alpha value is -1.55. The average molecular weight is 259 g/mol. The molecule has 1 saturated heterocycles. The Labute approximate surface area is 114 Å². The highest BCUT2D eigenvalue weighted by molar-refractivity contribution is 5.96. The normalized spacial score (nSPS) is 20.4. The molecule has 2 aliphatic rings. The van der Waals surface area contributed by atoms with Crippen LogP contribution in [0.15, 0.2) is 18.2 Å². The van der Waals surface area contributed by atoms with E-state index in [0.29, 0.717) is 12.3 Å². The first-order valence-electron chi connectivity index (χ1n) is 7.13. The maximum Gasteiger partial charge on any atom is 0.227 e. The molecule has 4 nitrogen and oxygen atoms in total. The van der Waals surface area contributed by atoms with Crippen molar-refractivity contribution < 1.29 is 4.79 Å². The summed E-state index contributed by atoms with van der Waals surface area (Å²) < 4.78 is 0. The first-order chi connectivity index (χ1) is 9.24. The zero-order valence-corrected chi connectivity index (χ0v) is 11.2. The highest BCUT2D eigenvalue weighted by Gasteiger charge is 2.27. The Morgan fingerprint density at radius 3 is 2.84 bits per heavy atom. The number of nitrogens with zero attached hydrogens (tertiary/aromatic N) is 1. The number of hydrogen-bond donors (Lipinski definition) is 2. The summed E-state index contributed by atoms with van der Waals surface area (Å²) in [5.74, 6) is 0.879. The molecule has 0 aromatic heterocycles. The minimum Gasteiger partial charge on any atom is -0.399 e. The van der Waals surface area contributed by atoms with Crippen LogP contribution >= 0.6 is 0 Å². The molecule has 3 N–H and O–H groups in total. The number of rotatable bonds is 2. The van der Waals surface area contributed by atoms with Crippen LogP contribution in [0.5, 0.6) is 0 Å². The predicted molar refractivity (Wildman–Crippen MR) is 77.1 cm³/mol. The minimum atomic E-state index is 0.260. The number of nitrogens with one attached hydrogen (secondary N) is 1. The van der Waals surface area contributed by atoms with E-state index in [0.717, 1.165) is 50.3 Å². The van der Waals surface area contributed by atoms with Gasteiger partial charge in [-0.3, -0.25) is 4.79 Å². The molecular formula is C15H21N3O. The van der Waals surface area contributed by atoms with Crippen LogP contribution in [-0.2, 0) is 11.2 Å². The third-order valence-corrected chi connectivity index (χ3v) is 4.20. The number of nitrogen functional groups attached to an aromatic ring is 1. The van der Waals surface area contributed by atoms with Crippen LogP contribution in [0.2, 0.25) is 0 Å². The van der Waals surface area contributed by atoms with Gasteiger partial charge in [0.05, 0.1) is 0 Å². The van der Waals surface area contributed by atoms with Crippen molar-refractivity contribution in [3.05, 3.63) is 23.8 Å². The van der Waals surface area contributed by atoms with Crippen molar-refractivity contribution in [2.24, 2.45) is 5.92 Å². The molecule has 0 bridgehead atoms. The highest BCUT2D eigenvalue weighted by atomic mass is 16.2. The number of carbonyl (C=O) groups is 1. The van der Waals surface area contributed by atoms with Gasteiger partial charge in [-0.25, -0.2) is 0 Å². The van der Waals surface area contributed by atoms with Gasteiger partial charge < -0.3 is 16.0 Å². The van der Waals surface area contributed by atoms with Crippen LogP contribution in [0.25, 0.3) is 0 Å². The van der Waals surface area contributed by atoms with Crippen LogP contribution in [0.1, 0.15) is 24.8 Å². The maximum atomic E-state index is 12.2. The number of nitrogens with two attached hydrogens (primary N) is 1. The summed E-state index contributed by atoms with van der Waals surface area (Å²) in [4.78, 5) is 14.2. The number of hydrogen-bond acceptors (Lipinski definition) is 3. The molecule has 102 valence electrons. The molecule has 4 heteroatoms. The molecule has 2 aliphatic heterocycles. The fourth-order valence-corrected chi connectivity index (χ4v) is 3.10. The van der Waals surface area contributed by atoms with Crippen LogP contribution in [-0.4, -0.2) is 25.5 Å². The van der Waals surface area contributed by atoms with Crippen LogP contribution in [0.4, 0.5) is 11.4 Å². The van der Waals surface area contributed by atoms with E-state index in [1.165, 1.54) is 5.56 Å². The lowest BCUT2D eigenvalue weighted by Gasteiger charge is -2.34. The average Bonchev–Trinajstić information content (AvgIpc) is 2.43. The molecule has 0 atom stereocenters. The lowest BCUT2D eigenvalue weighted by molar-refractivity contribution is -0.119. The summed E-state index contributed by atoms with van der Waals surface area (Å²) in [5.41, 5.74) is 8.91. The summed E-state index contributed by atoms with van der Waals surface area (Å²) >= 11 is 0. The van der Waals surface area contributed by atoms with E-state index in [2.05, 4.69) is 5.32 Å². The van der Waals surface area contributed by atoms with E-state index in [1.54, 1.807) is 0 Å². The van der Waals surface area contributed by atoms with E-state index in [-0.39, 0.29) is 5.91 Å². The smallest absolute Gasteiger partial charge is 0.227 e. The van der Waals surface area contributed by atoms with Gasteiger partial charge in [-0.05, 0) is 62.0 Å².